The third-order valence-corrected chi connectivity index (χ3v) is 7.75. The Labute approximate surface area is 226 Å². The zero-order valence-electron chi connectivity index (χ0n) is 22.0. The molecular formula is C30H32F2N2O5. The Hall–Kier alpha value is -3.56. The van der Waals surface area contributed by atoms with Crippen molar-refractivity contribution < 1.29 is 33.3 Å². The van der Waals surface area contributed by atoms with Crippen molar-refractivity contribution in [3.05, 3.63) is 76.5 Å². The Morgan fingerprint density at radius 3 is 2.67 bits per heavy atom. The number of aliphatic hydroxyl groups is 1. The average molecular weight is 539 g/mol. The number of rotatable bonds is 8. The lowest BCUT2D eigenvalue weighted by atomic mass is 9.90. The lowest BCUT2D eigenvalue weighted by molar-refractivity contribution is -0.145. The summed E-state index contributed by atoms with van der Waals surface area (Å²) in [7, 11) is 1.49. The maximum absolute atomic E-state index is 15.5. The van der Waals surface area contributed by atoms with Crippen LogP contribution in [0.3, 0.4) is 0 Å². The van der Waals surface area contributed by atoms with Crippen LogP contribution < -0.4 is 9.47 Å². The molecule has 206 valence electrons. The van der Waals surface area contributed by atoms with Gasteiger partial charge in [0.05, 0.1) is 25.3 Å². The first-order valence-electron chi connectivity index (χ1n) is 13.2. The van der Waals surface area contributed by atoms with Crippen LogP contribution in [0.4, 0.5) is 8.78 Å². The van der Waals surface area contributed by atoms with Crippen molar-refractivity contribution in [2.75, 3.05) is 20.2 Å². The van der Waals surface area contributed by atoms with Crippen molar-refractivity contribution in [1.82, 2.24) is 9.88 Å². The number of aryl methyl sites for hydroxylation is 1. The number of methoxy groups -OCH3 is 1. The van der Waals surface area contributed by atoms with E-state index in [1.165, 1.54) is 20.1 Å². The second-order valence-electron chi connectivity index (χ2n) is 10.3. The number of nitrogens with zero attached hydrogens (tertiary/aromatic N) is 2. The molecule has 0 amide bonds. The van der Waals surface area contributed by atoms with E-state index >= 15 is 4.39 Å². The minimum atomic E-state index is -1.50. The maximum atomic E-state index is 15.5. The molecule has 3 aromatic rings. The molecule has 1 aromatic heterocycles. The van der Waals surface area contributed by atoms with Gasteiger partial charge < -0.3 is 19.7 Å². The molecule has 9 heteroatoms. The van der Waals surface area contributed by atoms with Gasteiger partial charge in [-0.1, -0.05) is 30.3 Å². The van der Waals surface area contributed by atoms with Gasteiger partial charge in [-0.15, -0.1) is 0 Å². The lowest BCUT2D eigenvalue weighted by Crippen LogP contribution is -2.22. The molecule has 0 bridgehead atoms. The predicted molar refractivity (Wildman–Crippen MR) is 141 cm³/mol. The van der Waals surface area contributed by atoms with Crippen molar-refractivity contribution in [1.29, 1.82) is 0 Å². The van der Waals surface area contributed by atoms with Crippen LogP contribution in [0, 0.1) is 17.6 Å². The summed E-state index contributed by atoms with van der Waals surface area (Å²) in [6, 6.07) is 10.4. The zero-order valence-corrected chi connectivity index (χ0v) is 22.0. The fourth-order valence-electron chi connectivity index (χ4n) is 5.42. The lowest BCUT2D eigenvalue weighted by Gasteiger charge is -2.29. The summed E-state index contributed by atoms with van der Waals surface area (Å²) >= 11 is 0. The highest BCUT2D eigenvalue weighted by Gasteiger charge is 2.31. The normalized spacial score (nSPS) is 18.7. The molecule has 1 unspecified atom stereocenters. The molecule has 2 aromatic carbocycles. The molecular weight excluding hydrogens is 506 g/mol. The van der Waals surface area contributed by atoms with E-state index in [9.17, 15) is 19.4 Å². The van der Waals surface area contributed by atoms with Crippen molar-refractivity contribution in [2.45, 2.75) is 51.4 Å². The molecule has 39 heavy (non-hydrogen) atoms. The number of likely N-dealkylation sites (tertiary alicyclic amines) is 1. The van der Waals surface area contributed by atoms with E-state index in [1.807, 2.05) is 18.2 Å². The van der Waals surface area contributed by atoms with E-state index in [4.69, 9.17) is 9.47 Å². The number of aliphatic hydroxyl groups excluding tert-OH is 1. The smallest absolute Gasteiger partial charge is 0.309 e. The molecule has 0 aliphatic carbocycles. The van der Waals surface area contributed by atoms with Crippen LogP contribution in [0.5, 0.6) is 11.6 Å². The summed E-state index contributed by atoms with van der Waals surface area (Å²) in [5, 5.41) is 19.7. The molecule has 0 radical (unpaired) electrons. The number of benzene rings is 2. The molecule has 5 rings (SSSR count). The number of halogens is 2. The molecule has 2 aliphatic rings. The maximum Gasteiger partial charge on any atom is 0.309 e. The molecule has 3 heterocycles. The molecule has 7 nitrogen and oxygen atoms in total. The van der Waals surface area contributed by atoms with Crippen LogP contribution in [0.15, 0.2) is 42.6 Å². The van der Waals surface area contributed by atoms with E-state index in [1.54, 1.807) is 12.1 Å². The second-order valence-corrected chi connectivity index (χ2v) is 10.3. The Balaban J connectivity index is 1.49. The van der Waals surface area contributed by atoms with E-state index in [-0.39, 0.29) is 11.3 Å². The summed E-state index contributed by atoms with van der Waals surface area (Å²) in [6.45, 7) is 3.89. The van der Waals surface area contributed by atoms with E-state index in [2.05, 4.69) is 9.88 Å². The molecule has 0 saturated carbocycles. The molecule has 3 atom stereocenters. The predicted octanol–water partition coefficient (Wildman–Crippen LogP) is 5.45. The van der Waals surface area contributed by atoms with Crippen LogP contribution in [-0.4, -0.2) is 46.3 Å². The molecule has 2 N–H and O–H groups in total. The SMILES string of the molecule is COc1cc(-c2ccc(C3CCc4ccc([C@H](O)[C@H](C)C(=O)O)c(F)c4O3)cc2CN2CCCC2)c(F)cn1. The minimum Gasteiger partial charge on any atom is -0.482 e. The number of ether oxygens (including phenoxy) is 2. The number of carboxylic acid groups (broad SMARTS) is 1. The van der Waals surface area contributed by atoms with Crippen LogP contribution >= 0.6 is 0 Å². The van der Waals surface area contributed by atoms with E-state index in [0.29, 0.717) is 36.4 Å². The average Bonchev–Trinajstić information content (AvgIpc) is 3.46. The van der Waals surface area contributed by atoms with Gasteiger partial charge in [0.2, 0.25) is 5.88 Å². The van der Waals surface area contributed by atoms with Gasteiger partial charge in [0.25, 0.3) is 0 Å². The van der Waals surface area contributed by atoms with Crippen LogP contribution in [0.2, 0.25) is 0 Å². The van der Waals surface area contributed by atoms with Gasteiger partial charge in [0, 0.05) is 23.7 Å². The number of hydrogen-bond donors (Lipinski definition) is 2. The minimum absolute atomic E-state index is 0.0375. The summed E-state index contributed by atoms with van der Waals surface area (Å²) in [4.78, 5) is 17.6. The van der Waals surface area contributed by atoms with Crippen LogP contribution in [-0.2, 0) is 17.8 Å². The fraction of sp³-hybridized carbons (Fsp3) is 0.400. The highest BCUT2D eigenvalue weighted by atomic mass is 19.1. The van der Waals surface area contributed by atoms with Crippen LogP contribution in [0.25, 0.3) is 11.1 Å². The van der Waals surface area contributed by atoms with Gasteiger partial charge in [-0.25, -0.2) is 13.8 Å². The highest BCUT2D eigenvalue weighted by molar-refractivity contribution is 5.71. The topological polar surface area (TPSA) is 92.1 Å². The molecule has 0 spiro atoms. The van der Waals surface area contributed by atoms with Gasteiger partial charge in [-0.3, -0.25) is 9.69 Å². The summed E-state index contributed by atoms with van der Waals surface area (Å²) in [5.41, 5.74) is 3.47. The Morgan fingerprint density at radius 2 is 1.95 bits per heavy atom. The number of carboxylic acids is 1. The fourth-order valence-corrected chi connectivity index (χ4v) is 5.42. The number of carbonyl (C=O) groups is 1. The molecule has 1 saturated heterocycles. The van der Waals surface area contributed by atoms with E-state index in [0.717, 1.165) is 48.8 Å². The number of aromatic nitrogens is 1. The number of pyridine rings is 1. The number of aliphatic carboxylic acids is 1. The Kier molecular flexibility index (Phi) is 7.81. The number of hydrogen-bond acceptors (Lipinski definition) is 6. The zero-order chi connectivity index (χ0) is 27.7. The highest BCUT2D eigenvalue weighted by Crippen LogP contribution is 2.41. The first-order valence-corrected chi connectivity index (χ1v) is 13.2. The monoisotopic (exact) mass is 538 g/mol. The standard InChI is InChI=1S/C30H32F2N2O5/c1-17(30(36)37)28(35)22-9-5-18-7-10-25(39-29(18)27(22)32)19-6-8-21(20(13-19)16-34-11-3-4-12-34)23-14-26(38-2)33-15-24(23)31/h5-6,8-9,13-15,17,25,28,35H,3-4,7,10-12,16H2,1-2H3,(H,36,37)/t17-,25?,28+/m0/s1. The van der Waals surface area contributed by atoms with Gasteiger partial charge >= 0.3 is 5.97 Å². The Morgan fingerprint density at radius 1 is 1.18 bits per heavy atom. The first kappa shape index (κ1) is 27.0. The van der Waals surface area contributed by atoms with Gasteiger partial charge in [-0.05, 0) is 68.0 Å². The number of fused-ring (bicyclic) bond motifs is 1. The first-order chi connectivity index (χ1) is 18.8. The molecule has 2 aliphatic heterocycles. The second kappa shape index (κ2) is 11.3. The largest absolute Gasteiger partial charge is 0.482 e. The van der Waals surface area contributed by atoms with Crippen molar-refractivity contribution in [2.24, 2.45) is 5.92 Å². The summed E-state index contributed by atoms with van der Waals surface area (Å²) < 4.78 is 41.8. The van der Waals surface area contributed by atoms with Crippen LogP contribution in [0.1, 0.15) is 60.6 Å². The third-order valence-electron chi connectivity index (χ3n) is 7.75. The molecule has 1 fully saturated rings. The quantitative estimate of drug-likeness (QED) is 0.394. The Bertz CT molecular complexity index is 1380. The van der Waals surface area contributed by atoms with Crippen molar-refractivity contribution >= 4 is 5.97 Å². The van der Waals surface area contributed by atoms with Gasteiger partial charge in [0.15, 0.2) is 11.6 Å². The summed E-state index contributed by atoms with van der Waals surface area (Å²) in [5.74, 6) is -3.22. The van der Waals surface area contributed by atoms with Gasteiger partial charge in [0.1, 0.15) is 11.9 Å². The van der Waals surface area contributed by atoms with Crippen molar-refractivity contribution in [3.8, 4) is 22.8 Å². The summed E-state index contributed by atoms with van der Waals surface area (Å²) in [6.07, 6.45) is 2.59. The van der Waals surface area contributed by atoms with E-state index < -0.39 is 35.7 Å². The van der Waals surface area contributed by atoms with Gasteiger partial charge in [-0.2, -0.15) is 0 Å². The van der Waals surface area contributed by atoms with Crippen molar-refractivity contribution in [3.63, 3.8) is 0 Å². The third kappa shape index (κ3) is 5.46.